The molecule has 2 heterocycles. The van der Waals surface area contributed by atoms with E-state index >= 15 is 0 Å². The highest BCUT2D eigenvalue weighted by Gasteiger charge is 2.12. The molecule has 1 aromatic carbocycles. The molecule has 0 bridgehead atoms. The van der Waals surface area contributed by atoms with Crippen molar-refractivity contribution in [3.05, 3.63) is 95.1 Å². The first-order valence-electron chi connectivity index (χ1n) is 8.60. The van der Waals surface area contributed by atoms with E-state index in [9.17, 15) is 9.59 Å². The van der Waals surface area contributed by atoms with Crippen LogP contribution in [0.15, 0.2) is 67.0 Å². The van der Waals surface area contributed by atoms with Crippen LogP contribution < -0.4 is 10.6 Å². The Labute approximate surface area is 157 Å². The number of hydrogen-bond acceptors (Lipinski definition) is 4. The highest BCUT2D eigenvalue weighted by Crippen LogP contribution is 2.06. The lowest BCUT2D eigenvalue weighted by Gasteiger charge is -2.08. The molecule has 0 fully saturated rings. The van der Waals surface area contributed by atoms with Crippen LogP contribution in [0, 0.1) is 6.92 Å². The Bertz CT molecular complexity index is 942. The van der Waals surface area contributed by atoms with Crippen LogP contribution in [0.4, 0.5) is 0 Å². The summed E-state index contributed by atoms with van der Waals surface area (Å²) in [7, 11) is 0. The SMILES string of the molecule is Cc1cccc(CNC(=O)c2cc(C(=O)NCc3ccccn3)ccn2)c1. The Morgan fingerprint density at radius 1 is 0.852 bits per heavy atom. The van der Waals surface area contributed by atoms with E-state index in [1.165, 1.54) is 12.3 Å². The average molecular weight is 360 g/mol. The molecule has 0 spiro atoms. The molecule has 0 aliphatic carbocycles. The van der Waals surface area contributed by atoms with Crippen molar-refractivity contribution in [2.24, 2.45) is 0 Å². The standard InChI is InChI=1S/C21H20N4O2/c1-15-5-4-6-16(11-15)13-24-21(27)19-12-17(8-10-23-19)20(26)25-14-18-7-2-3-9-22-18/h2-12H,13-14H2,1H3,(H,24,27)(H,25,26). The van der Waals surface area contributed by atoms with Gasteiger partial charge in [-0.3, -0.25) is 19.6 Å². The summed E-state index contributed by atoms with van der Waals surface area (Å²) >= 11 is 0. The maximum absolute atomic E-state index is 12.3. The van der Waals surface area contributed by atoms with Gasteiger partial charge in [-0.15, -0.1) is 0 Å². The molecule has 0 aliphatic rings. The number of aryl methyl sites for hydroxylation is 1. The molecule has 2 amide bonds. The number of amides is 2. The minimum Gasteiger partial charge on any atom is -0.347 e. The minimum atomic E-state index is -0.323. The molecule has 2 aromatic heterocycles. The van der Waals surface area contributed by atoms with Crippen LogP contribution in [0.2, 0.25) is 0 Å². The van der Waals surface area contributed by atoms with Crippen LogP contribution >= 0.6 is 0 Å². The van der Waals surface area contributed by atoms with Crippen LogP contribution in [-0.2, 0) is 13.1 Å². The molecule has 6 nitrogen and oxygen atoms in total. The number of carbonyl (C=O) groups excluding carboxylic acids is 2. The maximum atomic E-state index is 12.3. The predicted octanol–water partition coefficient (Wildman–Crippen LogP) is 2.65. The molecule has 0 unspecified atom stereocenters. The molecule has 0 saturated heterocycles. The lowest BCUT2D eigenvalue weighted by Crippen LogP contribution is -2.26. The summed E-state index contributed by atoms with van der Waals surface area (Å²) in [6.07, 6.45) is 3.13. The fourth-order valence-corrected chi connectivity index (χ4v) is 2.57. The summed E-state index contributed by atoms with van der Waals surface area (Å²) < 4.78 is 0. The van der Waals surface area contributed by atoms with Gasteiger partial charge >= 0.3 is 0 Å². The smallest absolute Gasteiger partial charge is 0.270 e. The van der Waals surface area contributed by atoms with Crippen molar-refractivity contribution < 1.29 is 9.59 Å². The van der Waals surface area contributed by atoms with E-state index in [1.54, 1.807) is 12.3 Å². The van der Waals surface area contributed by atoms with Crippen molar-refractivity contribution in [2.45, 2.75) is 20.0 Å². The first-order chi connectivity index (χ1) is 13.1. The minimum absolute atomic E-state index is 0.202. The molecule has 3 aromatic rings. The van der Waals surface area contributed by atoms with Gasteiger partial charge in [0.1, 0.15) is 5.69 Å². The Hall–Kier alpha value is -3.54. The van der Waals surface area contributed by atoms with Crippen molar-refractivity contribution in [1.82, 2.24) is 20.6 Å². The van der Waals surface area contributed by atoms with Gasteiger partial charge < -0.3 is 10.6 Å². The van der Waals surface area contributed by atoms with Gasteiger partial charge in [0, 0.05) is 24.5 Å². The highest BCUT2D eigenvalue weighted by atomic mass is 16.2. The molecule has 27 heavy (non-hydrogen) atoms. The van der Waals surface area contributed by atoms with Crippen molar-refractivity contribution in [2.75, 3.05) is 0 Å². The van der Waals surface area contributed by atoms with Crippen LogP contribution in [0.1, 0.15) is 37.7 Å². The van der Waals surface area contributed by atoms with Gasteiger partial charge in [-0.2, -0.15) is 0 Å². The van der Waals surface area contributed by atoms with Gasteiger partial charge in [0.25, 0.3) is 11.8 Å². The molecule has 0 radical (unpaired) electrons. The maximum Gasteiger partial charge on any atom is 0.270 e. The molecule has 6 heteroatoms. The third-order valence-electron chi connectivity index (χ3n) is 3.95. The molecule has 0 aliphatic heterocycles. The number of carbonyl (C=O) groups is 2. The summed E-state index contributed by atoms with van der Waals surface area (Å²) in [6.45, 7) is 2.72. The Morgan fingerprint density at radius 3 is 2.48 bits per heavy atom. The quantitative estimate of drug-likeness (QED) is 0.708. The van der Waals surface area contributed by atoms with Crippen molar-refractivity contribution in [3.8, 4) is 0 Å². The number of hydrogen-bond donors (Lipinski definition) is 2. The Balaban J connectivity index is 1.60. The van der Waals surface area contributed by atoms with Gasteiger partial charge in [-0.25, -0.2) is 0 Å². The molecule has 0 atom stereocenters. The van der Waals surface area contributed by atoms with Crippen molar-refractivity contribution in [1.29, 1.82) is 0 Å². The largest absolute Gasteiger partial charge is 0.347 e. The summed E-state index contributed by atoms with van der Waals surface area (Å²) in [5.74, 6) is -0.605. The lowest BCUT2D eigenvalue weighted by atomic mass is 10.1. The van der Waals surface area contributed by atoms with Gasteiger partial charge in [0.2, 0.25) is 0 Å². The van der Waals surface area contributed by atoms with Gasteiger partial charge in [-0.1, -0.05) is 35.9 Å². The zero-order valence-electron chi connectivity index (χ0n) is 15.0. The molecular weight excluding hydrogens is 340 g/mol. The molecule has 2 N–H and O–H groups in total. The van der Waals surface area contributed by atoms with E-state index < -0.39 is 0 Å². The fraction of sp³-hybridized carbons (Fsp3) is 0.143. The van der Waals surface area contributed by atoms with E-state index in [0.29, 0.717) is 18.7 Å². The Morgan fingerprint density at radius 2 is 1.70 bits per heavy atom. The summed E-state index contributed by atoms with van der Waals surface area (Å²) in [5.41, 5.74) is 3.48. The average Bonchev–Trinajstić information content (AvgIpc) is 2.71. The van der Waals surface area contributed by atoms with Crippen LogP contribution in [0.3, 0.4) is 0 Å². The second-order valence-corrected chi connectivity index (χ2v) is 6.11. The predicted molar refractivity (Wildman–Crippen MR) is 102 cm³/mol. The third-order valence-corrected chi connectivity index (χ3v) is 3.95. The van der Waals surface area contributed by atoms with Crippen LogP contribution in [0.5, 0.6) is 0 Å². The fourth-order valence-electron chi connectivity index (χ4n) is 2.57. The Kier molecular flexibility index (Phi) is 5.89. The van der Waals surface area contributed by atoms with Crippen LogP contribution in [0.25, 0.3) is 0 Å². The second-order valence-electron chi connectivity index (χ2n) is 6.11. The van der Waals surface area contributed by atoms with Crippen LogP contribution in [-0.4, -0.2) is 21.8 Å². The molecular formula is C21H20N4O2. The van der Waals surface area contributed by atoms with E-state index in [1.807, 2.05) is 49.4 Å². The van der Waals surface area contributed by atoms with E-state index in [4.69, 9.17) is 0 Å². The number of pyridine rings is 2. The zero-order chi connectivity index (χ0) is 19.1. The van der Waals surface area contributed by atoms with Gasteiger partial charge in [0.15, 0.2) is 0 Å². The highest BCUT2D eigenvalue weighted by molar-refractivity contribution is 5.98. The lowest BCUT2D eigenvalue weighted by molar-refractivity contribution is 0.0946. The molecule has 136 valence electrons. The molecule has 0 saturated carbocycles. The van der Waals surface area contributed by atoms with Gasteiger partial charge in [0.05, 0.1) is 12.2 Å². The summed E-state index contributed by atoms with van der Waals surface area (Å²) in [6, 6.07) is 16.5. The first-order valence-corrected chi connectivity index (χ1v) is 8.60. The monoisotopic (exact) mass is 360 g/mol. The first kappa shape index (κ1) is 18.3. The summed E-state index contributed by atoms with van der Waals surface area (Å²) in [4.78, 5) is 32.9. The number of benzene rings is 1. The van der Waals surface area contributed by atoms with E-state index in [0.717, 1.165) is 16.8 Å². The zero-order valence-corrected chi connectivity index (χ0v) is 15.0. The van der Waals surface area contributed by atoms with E-state index in [-0.39, 0.29) is 17.5 Å². The van der Waals surface area contributed by atoms with E-state index in [2.05, 4.69) is 20.6 Å². The number of nitrogens with one attached hydrogen (secondary N) is 2. The number of rotatable bonds is 6. The number of aromatic nitrogens is 2. The summed E-state index contributed by atoms with van der Waals surface area (Å²) in [5, 5.41) is 5.61. The van der Waals surface area contributed by atoms with Crippen molar-refractivity contribution in [3.63, 3.8) is 0 Å². The third kappa shape index (κ3) is 5.22. The second kappa shape index (κ2) is 8.71. The van der Waals surface area contributed by atoms with Gasteiger partial charge in [-0.05, 0) is 36.8 Å². The number of nitrogens with zero attached hydrogens (tertiary/aromatic N) is 2. The normalized spacial score (nSPS) is 10.3. The topological polar surface area (TPSA) is 84.0 Å². The molecule has 3 rings (SSSR count). The van der Waals surface area contributed by atoms with Crippen molar-refractivity contribution >= 4 is 11.8 Å².